The van der Waals surface area contributed by atoms with Gasteiger partial charge in [0.05, 0.1) is 13.2 Å². The van der Waals surface area contributed by atoms with Crippen molar-refractivity contribution in [2.45, 2.75) is 51.7 Å². The predicted molar refractivity (Wildman–Crippen MR) is 198 cm³/mol. The molecule has 1 heterocycles. The van der Waals surface area contributed by atoms with Crippen molar-refractivity contribution in [1.82, 2.24) is 10.4 Å². The maximum atomic E-state index is 14.3. The third-order valence-electron chi connectivity index (χ3n) is 7.96. The van der Waals surface area contributed by atoms with Crippen molar-refractivity contribution in [2.24, 2.45) is 4.99 Å². The number of rotatable bonds is 11. The van der Waals surface area contributed by atoms with Crippen LogP contribution in [-0.2, 0) is 19.9 Å². The van der Waals surface area contributed by atoms with Gasteiger partial charge in [-0.15, -0.1) is 0 Å². The molecule has 256 valence electrons. The number of anilines is 1. The summed E-state index contributed by atoms with van der Waals surface area (Å²) >= 11 is 0. The molecule has 0 unspecified atom stereocenters. The number of amidine groups is 1. The van der Waals surface area contributed by atoms with Crippen LogP contribution in [0.1, 0.15) is 62.8 Å². The zero-order valence-corrected chi connectivity index (χ0v) is 29.0. The first kappa shape index (κ1) is 35.6. The number of amides is 2. The van der Waals surface area contributed by atoms with Crippen LogP contribution in [0.5, 0.6) is 0 Å². The summed E-state index contributed by atoms with van der Waals surface area (Å²) in [5.41, 5.74) is 3.61. The highest BCUT2D eigenvalue weighted by Crippen LogP contribution is 2.42. The van der Waals surface area contributed by atoms with E-state index in [4.69, 9.17) is 21.1 Å². The molecule has 0 aromatic heterocycles. The van der Waals surface area contributed by atoms with Gasteiger partial charge in [-0.1, -0.05) is 110 Å². The molecule has 4 aromatic carbocycles. The number of carbonyl (C=O) groups is 2. The molecule has 1 aliphatic rings. The molecule has 2 N–H and O–H groups in total. The smallest absolute Gasteiger partial charge is 0.407 e. The fourth-order valence-electron chi connectivity index (χ4n) is 5.82. The highest BCUT2D eigenvalue weighted by molar-refractivity contribution is 6.10. The molecule has 2 amide bonds. The molecule has 0 saturated heterocycles. The van der Waals surface area contributed by atoms with Crippen LogP contribution in [0.2, 0.25) is 0 Å². The van der Waals surface area contributed by atoms with Gasteiger partial charge < -0.3 is 15.4 Å². The lowest BCUT2D eigenvalue weighted by atomic mass is 9.77. The molecule has 9 nitrogen and oxygen atoms in total. The van der Waals surface area contributed by atoms with Crippen LogP contribution >= 0.6 is 0 Å². The van der Waals surface area contributed by atoms with Gasteiger partial charge in [-0.25, -0.2) is 14.7 Å². The van der Waals surface area contributed by atoms with E-state index in [1.54, 1.807) is 32.9 Å². The lowest BCUT2D eigenvalue weighted by molar-refractivity contribution is -0.181. The van der Waals surface area contributed by atoms with E-state index in [9.17, 15) is 9.59 Å². The number of aliphatic imine (C=N–C) groups is 1. The molecule has 0 saturated carbocycles. The summed E-state index contributed by atoms with van der Waals surface area (Å²) < 4.78 is 5.31. The highest BCUT2D eigenvalue weighted by atomic mass is 16.7. The van der Waals surface area contributed by atoms with Crippen molar-refractivity contribution in [3.63, 3.8) is 0 Å². The minimum absolute atomic E-state index is 0.0710. The summed E-state index contributed by atoms with van der Waals surface area (Å²) in [5, 5.41) is 7.54. The lowest BCUT2D eigenvalue weighted by Crippen LogP contribution is -2.38. The highest BCUT2D eigenvalue weighted by Gasteiger charge is 2.37. The van der Waals surface area contributed by atoms with E-state index in [1.165, 1.54) is 5.06 Å². The summed E-state index contributed by atoms with van der Waals surface area (Å²) in [7, 11) is 0. The number of ether oxygens (including phenoxy) is 1. The lowest BCUT2D eigenvalue weighted by Gasteiger charge is -2.33. The van der Waals surface area contributed by atoms with Gasteiger partial charge >= 0.3 is 6.09 Å². The monoisotopic (exact) mass is 669 g/mol. The molecule has 0 spiro atoms. The van der Waals surface area contributed by atoms with Crippen molar-refractivity contribution in [1.29, 1.82) is 0 Å². The van der Waals surface area contributed by atoms with Gasteiger partial charge in [0.2, 0.25) is 0 Å². The molecule has 5 rings (SSSR count). The first-order chi connectivity index (χ1) is 24.1. The van der Waals surface area contributed by atoms with E-state index < -0.39 is 17.2 Å². The van der Waals surface area contributed by atoms with Gasteiger partial charge in [-0.3, -0.25) is 14.6 Å². The summed E-state index contributed by atoms with van der Waals surface area (Å²) in [5.74, 6) is 0.232. The Labute approximate surface area is 294 Å². The first-order valence-electron chi connectivity index (χ1n) is 16.8. The number of nitrogens with one attached hydrogen (secondary N) is 2. The molecule has 1 aliphatic heterocycles. The quantitative estimate of drug-likeness (QED) is 0.0723. The van der Waals surface area contributed by atoms with E-state index in [2.05, 4.69) is 51.9 Å². The van der Waals surface area contributed by atoms with Crippen molar-refractivity contribution in [3.8, 4) is 0 Å². The maximum Gasteiger partial charge on any atom is 0.407 e. The zero-order valence-electron chi connectivity index (χ0n) is 29.0. The second-order valence-corrected chi connectivity index (χ2v) is 12.9. The number of alkyl carbamates (subject to hydrolysis) is 1. The molecule has 50 heavy (non-hydrogen) atoms. The molecule has 0 radical (unpaired) electrons. The molecule has 0 fully saturated rings. The van der Waals surface area contributed by atoms with Crippen LogP contribution in [0.25, 0.3) is 10.9 Å². The summed E-state index contributed by atoms with van der Waals surface area (Å²) in [6.45, 7) is 15.6. The Morgan fingerprint density at radius 1 is 0.900 bits per heavy atom. The standard InChI is InChI=1S/C41H43N5O4/c1-6-25-46(49-26-24-43-39(48)50-40(2,3)4)38(47)31-27-30-22-23-35(42-5)29-36(30)44-37(28-31)45-41(32-16-10-7-11-17-32,33-18-12-8-13-19-33)34-20-14-9-15-21-34/h7-23,27,29H,6,24-26,28H2,1-4H3,(H,43,48)(H,44,45). The van der Waals surface area contributed by atoms with Crippen LogP contribution in [0, 0.1) is 6.57 Å². The SMILES string of the molecule is [C-]#[N+]c1ccc2c(c1)NC(=NC(c1ccccc1)(c1ccccc1)c1ccccc1)CC(C(=O)N(CCC)OCCNC(=O)OC(C)(C)C)=C2. The fourth-order valence-corrected chi connectivity index (χ4v) is 5.82. The van der Waals surface area contributed by atoms with Gasteiger partial charge in [0.1, 0.15) is 17.0 Å². The van der Waals surface area contributed by atoms with Crippen molar-refractivity contribution >= 4 is 35.3 Å². The number of fused-ring (bicyclic) bond motifs is 1. The topological polar surface area (TPSA) is 96.6 Å². The van der Waals surface area contributed by atoms with Crippen LogP contribution in [0.3, 0.4) is 0 Å². The Bertz CT molecular complexity index is 1780. The number of hydroxylamine groups is 2. The minimum Gasteiger partial charge on any atom is -0.444 e. The van der Waals surface area contributed by atoms with Crippen LogP contribution < -0.4 is 10.6 Å². The molecule has 4 aromatic rings. The van der Waals surface area contributed by atoms with E-state index in [1.807, 2.05) is 73.7 Å². The fraction of sp³-hybridized carbons (Fsp3) is 0.268. The second-order valence-electron chi connectivity index (χ2n) is 12.9. The summed E-state index contributed by atoms with van der Waals surface area (Å²) in [4.78, 5) is 41.6. The van der Waals surface area contributed by atoms with Crippen molar-refractivity contribution < 1.29 is 19.2 Å². The third-order valence-corrected chi connectivity index (χ3v) is 7.96. The van der Waals surface area contributed by atoms with Crippen molar-refractivity contribution in [3.05, 3.63) is 148 Å². The first-order valence-corrected chi connectivity index (χ1v) is 16.8. The van der Waals surface area contributed by atoms with Gasteiger partial charge in [-0.05, 0) is 61.6 Å². The van der Waals surface area contributed by atoms with E-state index >= 15 is 0 Å². The molecular weight excluding hydrogens is 626 g/mol. The van der Waals surface area contributed by atoms with Gasteiger partial charge in [-0.2, -0.15) is 0 Å². The molecule has 0 bridgehead atoms. The number of carbonyl (C=O) groups excluding carboxylic acids is 2. The van der Waals surface area contributed by atoms with Crippen LogP contribution in [0.15, 0.2) is 120 Å². The number of hydrogen-bond acceptors (Lipinski definition) is 5. The molecular formula is C41H43N5O4. The Balaban J connectivity index is 1.57. The average Bonchev–Trinajstić information content (AvgIpc) is 3.30. The Kier molecular flexibility index (Phi) is 11.5. The van der Waals surface area contributed by atoms with Gasteiger partial charge in [0.25, 0.3) is 5.91 Å². The summed E-state index contributed by atoms with van der Waals surface area (Å²) in [6, 6.07) is 35.7. The van der Waals surface area contributed by atoms with E-state index in [0.29, 0.717) is 35.7 Å². The number of benzene rings is 4. The Morgan fingerprint density at radius 2 is 1.48 bits per heavy atom. The van der Waals surface area contributed by atoms with E-state index in [-0.39, 0.29) is 25.5 Å². The Hall–Kier alpha value is -5.72. The molecule has 0 aliphatic carbocycles. The molecule has 0 atom stereocenters. The predicted octanol–water partition coefficient (Wildman–Crippen LogP) is 8.52. The average molecular weight is 670 g/mol. The number of hydrogen-bond donors (Lipinski definition) is 2. The van der Waals surface area contributed by atoms with Crippen molar-refractivity contribution in [2.75, 3.05) is 25.0 Å². The van der Waals surface area contributed by atoms with Gasteiger partial charge in [0.15, 0.2) is 5.69 Å². The van der Waals surface area contributed by atoms with E-state index in [0.717, 1.165) is 22.3 Å². The van der Waals surface area contributed by atoms with Gasteiger partial charge in [0, 0.05) is 30.8 Å². The molecule has 9 heteroatoms. The summed E-state index contributed by atoms with van der Waals surface area (Å²) in [6.07, 6.45) is 2.10. The normalized spacial score (nSPS) is 13.6. The maximum absolute atomic E-state index is 14.3. The van der Waals surface area contributed by atoms with Crippen LogP contribution in [-0.4, -0.2) is 48.2 Å². The van der Waals surface area contributed by atoms with Crippen LogP contribution in [0.4, 0.5) is 16.2 Å². The Morgan fingerprint density at radius 3 is 2.00 bits per heavy atom. The zero-order chi connectivity index (χ0) is 35.6. The largest absolute Gasteiger partial charge is 0.444 e. The third kappa shape index (κ3) is 8.65. The minimum atomic E-state index is -0.977. The second kappa shape index (κ2) is 16.1. The number of nitrogens with zero attached hydrogens (tertiary/aromatic N) is 3.